The van der Waals surface area contributed by atoms with Crippen LogP contribution >= 0.6 is 0 Å². The number of alkyl halides is 2. The first-order valence-electron chi connectivity index (χ1n) is 5.41. The van der Waals surface area contributed by atoms with Crippen molar-refractivity contribution in [2.75, 3.05) is 13.7 Å². The predicted octanol–water partition coefficient (Wildman–Crippen LogP) is 3.06. The third-order valence-electron chi connectivity index (χ3n) is 2.95. The van der Waals surface area contributed by atoms with Gasteiger partial charge < -0.3 is 10.1 Å². The van der Waals surface area contributed by atoms with Crippen LogP contribution in [0.25, 0.3) is 0 Å². The van der Waals surface area contributed by atoms with Crippen LogP contribution in [0.2, 0.25) is 0 Å². The van der Waals surface area contributed by atoms with Gasteiger partial charge in [-0.3, -0.25) is 0 Å². The van der Waals surface area contributed by atoms with Gasteiger partial charge in [0.15, 0.2) is 0 Å². The van der Waals surface area contributed by atoms with E-state index in [4.69, 9.17) is 4.74 Å². The van der Waals surface area contributed by atoms with Gasteiger partial charge in [0.1, 0.15) is 5.75 Å². The maximum atomic E-state index is 12.8. The Kier molecular flexibility index (Phi) is 3.39. The topological polar surface area (TPSA) is 21.3 Å². The molecular weight excluding hydrogens is 212 g/mol. The third kappa shape index (κ3) is 2.16. The molecule has 0 amide bonds. The van der Waals surface area contributed by atoms with Crippen LogP contribution in [0.1, 0.15) is 36.4 Å². The van der Waals surface area contributed by atoms with Crippen LogP contribution in [-0.4, -0.2) is 13.7 Å². The Hall–Kier alpha value is -1.16. The number of benzene rings is 1. The van der Waals surface area contributed by atoms with Crippen LogP contribution in [0.15, 0.2) is 18.2 Å². The van der Waals surface area contributed by atoms with E-state index in [1.54, 1.807) is 12.1 Å². The van der Waals surface area contributed by atoms with Crippen LogP contribution in [-0.2, 0) is 0 Å². The Labute approximate surface area is 93.6 Å². The number of rotatable bonds is 3. The van der Waals surface area contributed by atoms with Gasteiger partial charge in [-0.2, -0.15) is 0 Å². The highest BCUT2D eigenvalue weighted by atomic mass is 19.3. The zero-order valence-electron chi connectivity index (χ0n) is 9.17. The zero-order valence-corrected chi connectivity index (χ0v) is 9.17. The third-order valence-corrected chi connectivity index (χ3v) is 2.95. The van der Waals surface area contributed by atoms with Crippen molar-refractivity contribution in [3.63, 3.8) is 0 Å². The Morgan fingerprint density at radius 2 is 2.25 bits per heavy atom. The molecule has 1 aromatic carbocycles. The second kappa shape index (κ2) is 4.78. The first-order chi connectivity index (χ1) is 7.72. The normalized spacial score (nSPS) is 20.4. The summed E-state index contributed by atoms with van der Waals surface area (Å²) in [6.07, 6.45) is -0.383. The maximum absolute atomic E-state index is 12.8. The molecule has 1 aliphatic rings. The Balaban J connectivity index is 2.30. The summed E-state index contributed by atoms with van der Waals surface area (Å²) in [6.45, 7) is 0.959. The molecule has 0 saturated carbocycles. The standard InChI is InChI=1S/C12H15F2NO/c1-16-11-5-4-8(7-9(11)12(13)14)10-3-2-6-15-10/h4-5,7,10,12,15H,2-3,6H2,1H3. The van der Waals surface area contributed by atoms with Crippen LogP contribution in [0.5, 0.6) is 5.75 Å². The maximum Gasteiger partial charge on any atom is 0.267 e. The average Bonchev–Trinajstić information content (AvgIpc) is 2.81. The lowest BCUT2D eigenvalue weighted by Crippen LogP contribution is -2.13. The van der Waals surface area contributed by atoms with Gasteiger partial charge >= 0.3 is 0 Å². The summed E-state index contributed by atoms with van der Waals surface area (Å²) in [5.41, 5.74) is 0.905. The van der Waals surface area contributed by atoms with E-state index in [0.717, 1.165) is 24.9 Å². The van der Waals surface area contributed by atoms with E-state index >= 15 is 0 Å². The summed E-state index contributed by atoms with van der Waals surface area (Å²) in [6, 6.07) is 5.24. The van der Waals surface area contributed by atoms with Crippen molar-refractivity contribution in [2.24, 2.45) is 0 Å². The number of halogens is 2. The van der Waals surface area contributed by atoms with Gasteiger partial charge in [-0.15, -0.1) is 0 Å². The number of nitrogens with one attached hydrogen (secondary N) is 1. The Bertz CT molecular complexity index is 362. The summed E-state index contributed by atoms with van der Waals surface area (Å²) >= 11 is 0. The fourth-order valence-electron chi connectivity index (χ4n) is 2.11. The van der Waals surface area contributed by atoms with E-state index < -0.39 is 6.43 Å². The Morgan fingerprint density at radius 1 is 1.44 bits per heavy atom. The van der Waals surface area contributed by atoms with Crippen molar-refractivity contribution in [3.05, 3.63) is 29.3 Å². The Morgan fingerprint density at radius 3 is 2.81 bits per heavy atom. The lowest BCUT2D eigenvalue weighted by molar-refractivity contribution is 0.147. The van der Waals surface area contributed by atoms with Gasteiger partial charge in [0, 0.05) is 6.04 Å². The van der Waals surface area contributed by atoms with Crippen LogP contribution in [0.3, 0.4) is 0 Å². The fraction of sp³-hybridized carbons (Fsp3) is 0.500. The molecule has 1 unspecified atom stereocenters. The molecule has 2 rings (SSSR count). The van der Waals surface area contributed by atoms with Gasteiger partial charge in [-0.05, 0) is 37.1 Å². The molecule has 1 N–H and O–H groups in total. The van der Waals surface area contributed by atoms with E-state index in [2.05, 4.69) is 5.32 Å². The summed E-state index contributed by atoms with van der Waals surface area (Å²) in [7, 11) is 1.41. The van der Waals surface area contributed by atoms with Gasteiger partial charge in [-0.1, -0.05) is 6.07 Å². The minimum Gasteiger partial charge on any atom is -0.496 e. The molecule has 1 aromatic rings. The minimum absolute atomic E-state index is 0.0197. The minimum atomic E-state index is -2.49. The van der Waals surface area contributed by atoms with E-state index in [1.165, 1.54) is 7.11 Å². The molecule has 88 valence electrons. The molecule has 1 aliphatic heterocycles. The molecule has 1 fully saturated rings. The lowest BCUT2D eigenvalue weighted by Gasteiger charge is -2.14. The predicted molar refractivity (Wildman–Crippen MR) is 57.9 cm³/mol. The van der Waals surface area contributed by atoms with Crippen LogP contribution in [0, 0.1) is 0 Å². The number of hydrogen-bond donors (Lipinski definition) is 1. The van der Waals surface area contributed by atoms with Crippen LogP contribution in [0.4, 0.5) is 8.78 Å². The summed E-state index contributed by atoms with van der Waals surface area (Å²) in [5.74, 6) is 0.261. The quantitative estimate of drug-likeness (QED) is 0.856. The molecule has 0 aromatic heterocycles. The fourth-order valence-corrected chi connectivity index (χ4v) is 2.11. The molecule has 0 bridgehead atoms. The highest BCUT2D eigenvalue weighted by molar-refractivity contribution is 5.39. The van der Waals surface area contributed by atoms with Gasteiger partial charge in [-0.25, -0.2) is 8.78 Å². The highest BCUT2D eigenvalue weighted by Crippen LogP contribution is 2.33. The second-order valence-electron chi connectivity index (χ2n) is 3.95. The largest absolute Gasteiger partial charge is 0.496 e. The molecule has 2 nitrogen and oxygen atoms in total. The molecule has 1 heterocycles. The first-order valence-corrected chi connectivity index (χ1v) is 5.41. The van der Waals surface area contributed by atoms with Gasteiger partial charge in [0.2, 0.25) is 0 Å². The average molecular weight is 227 g/mol. The molecule has 0 spiro atoms. The SMILES string of the molecule is COc1ccc(C2CCCN2)cc1C(F)F. The monoisotopic (exact) mass is 227 g/mol. The van der Waals surface area contributed by atoms with Gasteiger partial charge in [0.25, 0.3) is 6.43 Å². The van der Waals surface area contributed by atoms with Crippen molar-refractivity contribution in [1.82, 2.24) is 5.32 Å². The second-order valence-corrected chi connectivity index (χ2v) is 3.95. The van der Waals surface area contributed by atoms with Crippen molar-refractivity contribution in [3.8, 4) is 5.75 Å². The van der Waals surface area contributed by atoms with E-state index in [0.29, 0.717) is 0 Å². The smallest absolute Gasteiger partial charge is 0.267 e. The zero-order chi connectivity index (χ0) is 11.5. The molecule has 0 aliphatic carbocycles. The summed E-state index contributed by atoms with van der Waals surface area (Å²) in [4.78, 5) is 0. The number of methoxy groups -OCH3 is 1. The number of ether oxygens (including phenoxy) is 1. The van der Waals surface area contributed by atoms with E-state index in [9.17, 15) is 8.78 Å². The van der Waals surface area contributed by atoms with E-state index in [1.807, 2.05) is 6.07 Å². The molecule has 16 heavy (non-hydrogen) atoms. The van der Waals surface area contributed by atoms with Crippen molar-refractivity contribution < 1.29 is 13.5 Å². The van der Waals surface area contributed by atoms with Crippen molar-refractivity contribution in [2.45, 2.75) is 25.3 Å². The van der Waals surface area contributed by atoms with Crippen molar-refractivity contribution in [1.29, 1.82) is 0 Å². The van der Waals surface area contributed by atoms with Crippen molar-refractivity contribution >= 4 is 0 Å². The summed E-state index contributed by atoms with van der Waals surface area (Å²) < 4.78 is 30.5. The highest BCUT2D eigenvalue weighted by Gasteiger charge is 2.20. The molecule has 4 heteroatoms. The van der Waals surface area contributed by atoms with E-state index in [-0.39, 0.29) is 17.4 Å². The summed E-state index contributed by atoms with van der Waals surface area (Å²) in [5, 5.41) is 3.29. The molecule has 0 radical (unpaired) electrons. The number of hydrogen-bond acceptors (Lipinski definition) is 2. The van der Waals surface area contributed by atoms with Crippen LogP contribution < -0.4 is 10.1 Å². The molecule has 1 atom stereocenters. The first kappa shape index (κ1) is 11.3. The van der Waals surface area contributed by atoms with Gasteiger partial charge in [0.05, 0.1) is 12.7 Å². The molecular formula is C12H15F2NO. The molecule has 1 saturated heterocycles. The lowest BCUT2D eigenvalue weighted by atomic mass is 10.0.